The van der Waals surface area contributed by atoms with Gasteiger partial charge in [0.1, 0.15) is 5.54 Å². The highest BCUT2D eigenvalue weighted by molar-refractivity contribution is 5.85. The van der Waals surface area contributed by atoms with Crippen LogP contribution in [0.3, 0.4) is 0 Å². The first kappa shape index (κ1) is 14.5. The summed E-state index contributed by atoms with van der Waals surface area (Å²) in [6.07, 6.45) is 3.15. The Balaban J connectivity index is 2.69. The molecular weight excluding hydrogens is 214 g/mol. The fraction of sp³-hybridized carbons (Fsp3) is 0.923. The van der Waals surface area contributed by atoms with Gasteiger partial charge in [-0.25, -0.2) is 0 Å². The standard InChI is InChI=1S/C13H27N3O/c1-10-5-6-11(2)13(9-10,12(14)17)15-7-8-16(3)4/h10-11,15H,5-9H2,1-4H3,(H2,14,17). The summed E-state index contributed by atoms with van der Waals surface area (Å²) in [7, 11) is 4.07. The van der Waals surface area contributed by atoms with Gasteiger partial charge in [-0.3, -0.25) is 4.79 Å². The Morgan fingerprint density at radius 3 is 2.59 bits per heavy atom. The van der Waals surface area contributed by atoms with Crippen molar-refractivity contribution in [3.8, 4) is 0 Å². The van der Waals surface area contributed by atoms with E-state index in [4.69, 9.17) is 5.73 Å². The Hall–Kier alpha value is -0.610. The smallest absolute Gasteiger partial charge is 0.238 e. The van der Waals surface area contributed by atoms with Crippen LogP contribution in [0.1, 0.15) is 33.1 Å². The van der Waals surface area contributed by atoms with E-state index in [-0.39, 0.29) is 5.91 Å². The maximum absolute atomic E-state index is 11.9. The lowest BCUT2D eigenvalue weighted by Crippen LogP contribution is -2.62. The molecule has 17 heavy (non-hydrogen) atoms. The molecule has 4 heteroatoms. The van der Waals surface area contributed by atoms with Crippen LogP contribution < -0.4 is 11.1 Å². The van der Waals surface area contributed by atoms with Gasteiger partial charge in [-0.15, -0.1) is 0 Å². The maximum Gasteiger partial charge on any atom is 0.238 e. The molecule has 0 aromatic heterocycles. The molecule has 1 amide bonds. The second kappa shape index (κ2) is 5.83. The fourth-order valence-electron chi connectivity index (χ4n) is 2.81. The summed E-state index contributed by atoms with van der Waals surface area (Å²) < 4.78 is 0. The van der Waals surface area contributed by atoms with Crippen molar-refractivity contribution in [3.63, 3.8) is 0 Å². The molecule has 4 nitrogen and oxygen atoms in total. The summed E-state index contributed by atoms with van der Waals surface area (Å²) in [5.74, 6) is 0.722. The molecule has 0 radical (unpaired) electrons. The predicted octanol–water partition coefficient (Wildman–Crippen LogP) is 0.818. The average molecular weight is 241 g/mol. The summed E-state index contributed by atoms with van der Waals surface area (Å²) >= 11 is 0. The van der Waals surface area contributed by atoms with Crippen LogP contribution in [0.25, 0.3) is 0 Å². The monoisotopic (exact) mass is 241 g/mol. The van der Waals surface area contributed by atoms with E-state index in [1.54, 1.807) is 0 Å². The zero-order chi connectivity index (χ0) is 13.1. The van der Waals surface area contributed by atoms with Crippen LogP contribution in [-0.2, 0) is 4.79 Å². The lowest BCUT2D eigenvalue weighted by atomic mass is 9.69. The Morgan fingerprint density at radius 1 is 1.41 bits per heavy atom. The molecule has 3 atom stereocenters. The van der Waals surface area contributed by atoms with Gasteiger partial charge in [0.2, 0.25) is 5.91 Å². The highest BCUT2D eigenvalue weighted by Crippen LogP contribution is 2.36. The molecule has 0 aliphatic heterocycles. The highest BCUT2D eigenvalue weighted by Gasteiger charge is 2.44. The summed E-state index contributed by atoms with van der Waals surface area (Å²) in [5.41, 5.74) is 5.16. The van der Waals surface area contributed by atoms with Gasteiger partial charge in [-0.05, 0) is 38.8 Å². The van der Waals surface area contributed by atoms with Crippen LogP contribution in [0.2, 0.25) is 0 Å². The average Bonchev–Trinajstić information content (AvgIpc) is 2.22. The van der Waals surface area contributed by atoms with Crippen LogP contribution in [0.4, 0.5) is 0 Å². The van der Waals surface area contributed by atoms with E-state index in [1.807, 2.05) is 14.1 Å². The Kier molecular flexibility index (Phi) is 4.95. The molecule has 1 aliphatic carbocycles. The molecule has 1 aliphatic rings. The minimum absolute atomic E-state index is 0.185. The third-order valence-electron chi connectivity index (χ3n) is 4.04. The Bertz CT molecular complexity index is 267. The molecule has 3 unspecified atom stereocenters. The Morgan fingerprint density at radius 2 is 2.06 bits per heavy atom. The van der Waals surface area contributed by atoms with E-state index in [2.05, 4.69) is 24.1 Å². The number of rotatable bonds is 5. The first-order valence-corrected chi connectivity index (χ1v) is 6.58. The Labute approximate surface area is 105 Å². The zero-order valence-corrected chi connectivity index (χ0v) is 11.6. The van der Waals surface area contributed by atoms with Gasteiger partial charge in [0.05, 0.1) is 0 Å². The van der Waals surface area contributed by atoms with Crippen LogP contribution in [-0.4, -0.2) is 43.5 Å². The second-order valence-electron chi connectivity index (χ2n) is 5.85. The minimum Gasteiger partial charge on any atom is -0.368 e. The molecule has 0 saturated heterocycles. The largest absolute Gasteiger partial charge is 0.368 e. The number of primary amides is 1. The molecule has 1 rings (SSSR count). The van der Waals surface area contributed by atoms with Crippen molar-refractivity contribution in [1.29, 1.82) is 0 Å². The predicted molar refractivity (Wildman–Crippen MR) is 70.7 cm³/mol. The lowest BCUT2D eigenvalue weighted by Gasteiger charge is -2.43. The van der Waals surface area contributed by atoms with E-state index in [0.29, 0.717) is 11.8 Å². The molecule has 0 aromatic carbocycles. The van der Waals surface area contributed by atoms with Crippen LogP contribution >= 0.6 is 0 Å². The van der Waals surface area contributed by atoms with E-state index >= 15 is 0 Å². The van der Waals surface area contributed by atoms with Gasteiger partial charge in [0, 0.05) is 13.1 Å². The van der Waals surface area contributed by atoms with E-state index in [0.717, 1.165) is 25.9 Å². The van der Waals surface area contributed by atoms with Crippen molar-refractivity contribution in [2.24, 2.45) is 17.6 Å². The first-order chi connectivity index (χ1) is 7.88. The van der Waals surface area contributed by atoms with Crippen molar-refractivity contribution in [2.75, 3.05) is 27.2 Å². The summed E-state index contributed by atoms with van der Waals surface area (Å²) in [6, 6.07) is 0. The summed E-state index contributed by atoms with van der Waals surface area (Å²) in [6.45, 7) is 6.08. The van der Waals surface area contributed by atoms with E-state index in [9.17, 15) is 4.79 Å². The van der Waals surface area contributed by atoms with Crippen molar-refractivity contribution >= 4 is 5.91 Å². The molecule has 0 heterocycles. The van der Waals surface area contributed by atoms with Gasteiger partial charge in [-0.2, -0.15) is 0 Å². The summed E-state index contributed by atoms with van der Waals surface area (Å²) in [4.78, 5) is 14.0. The molecule has 3 N–H and O–H groups in total. The van der Waals surface area contributed by atoms with Crippen LogP contribution in [0.5, 0.6) is 0 Å². The number of nitrogens with one attached hydrogen (secondary N) is 1. The number of carbonyl (C=O) groups is 1. The number of amides is 1. The summed E-state index contributed by atoms with van der Waals surface area (Å²) in [5, 5.41) is 3.43. The number of nitrogens with two attached hydrogens (primary N) is 1. The van der Waals surface area contributed by atoms with Crippen molar-refractivity contribution in [1.82, 2.24) is 10.2 Å². The van der Waals surface area contributed by atoms with Crippen molar-refractivity contribution in [2.45, 2.75) is 38.6 Å². The number of hydrogen-bond acceptors (Lipinski definition) is 3. The van der Waals surface area contributed by atoms with Crippen molar-refractivity contribution < 1.29 is 4.79 Å². The van der Waals surface area contributed by atoms with Crippen LogP contribution in [0, 0.1) is 11.8 Å². The fourth-order valence-corrected chi connectivity index (χ4v) is 2.81. The molecular formula is C13H27N3O. The molecule has 100 valence electrons. The number of likely N-dealkylation sites (N-methyl/N-ethyl adjacent to an activating group) is 1. The first-order valence-electron chi connectivity index (χ1n) is 6.58. The lowest BCUT2D eigenvalue weighted by molar-refractivity contribution is -0.128. The third-order valence-corrected chi connectivity index (χ3v) is 4.04. The second-order valence-corrected chi connectivity index (χ2v) is 5.85. The van der Waals surface area contributed by atoms with Gasteiger partial charge >= 0.3 is 0 Å². The van der Waals surface area contributed by atoms with Gasteiger partial charge in [0.15, 0.2) is 0 Å². The van der Waals surface area contributed by atoms with Gasteiger partial charge in [-0.1, -0.05) is 20.3 Å². The molecule has 1 saturated carbocycles. The third kappa shape index (κ3) is 3.42. The van der Waals surface area contributed by atoms with E-state index < -0.39 is 5.54 Å². The molecule has 0 bridgehead atoms. The zero-order valence-electron chi connectivity index (χ0n) is 11.6. The van der Waals surface area contributed by atoms with Gasteiger partial charge in [0.25, 0.3) is 0 Å². The SMILES string of the molecule is CC1CCC(C)C(NCCN(C)C)(C(N)=O)C1. The van der Waals surface area contributed by atoms with E-state index in [1.165, 1.54) is 6.42 Å². The van der Waals surface area contributed by atoms with Crippen LogP contribution in [0.15, 0.2) is 0 Å². The van der Waals surface area contributed by atoms with Gasteiger partial charge < -0.3 is 16.0 Å². The normalized spacial score (nSPS) is 33.9. The number of carbonyl (C=O) groups excluding carboxylic acids is 1. The quantitative estimate of drug-likeness (QED) is 0.749. The molecule has 0 aromatic rings. The molecule has 0 spiro atoms. The maximum atomic E-state index is 11.9. The number of hydrogen-bond donors (Lipinski definition) is 2. The highest BCUT2D eigenvalue weighted by atomic mass is 16.1. The molecule has 1 fully saturated rings. The minimum atomic E-state index is -0.492. The number of nitrogens with zero attached hydrogens (tertiary/aromatic N) is 1. The topological polar surface area (TPSA) is 58.4 Å². The van der Waals surface area contributed by atoms with Crippen molar-refractivity contribution in [3.05, 3.63) is 0 Å².